The Balaban J connectivity index is 1.12. The minimum absolute atomic E-state index is 0.0576. The number of carbonyl (C=O) groups excluding carboxylic acids is 4. The summed E-state index contributed by atoms with van der Waals surface area (Å²) >= 11 is 14.3. The second-order valence-corrected chi connectivity index (χ2v) is 15.7. The maximum absolute atomic E-state index is 13.0. The predicted octanol–water partition coefficient (Wildman–Crippen LogP) is 4.39. The van der Waals surface area contributed by atoms with Crippen molar-refractivity contribution in [3.63, 3.8) is 0 Å². The highest BCUT2D eigenvalue weighted by Gasteiger charge is 2.33. The SMILES string of the molecule is CC(=O)NCCNCCN1C(=O)COc2cc(-c3cccc(-c4cccc(-c5ccc6c(c5)OCC(=O)N6C[C@@H]5CCC(=O)NC5[SiH3])c4Cl)c3Cl)ccc21. The lowest BCUT2D eigenvalue weighted by atomic mass is 9.95. The van der Waals surface area contributed by atoms with Gasteiger partial charge in [-0.25, -0.2) is 0 Å². The summed E-state index contributed by atoms with van der Waals surface area (Å²) < 4.78 is 11.8. The Morgan fingerprint density at radius 2 is 1.35 bits per heavy atom. The Kier molecular flexibility index (Phi) is 11.3. The number of hydrogen-bond acceptors (Lipinski definition) is 7. The van der Waals surface area contributed by atoms with Crippen LogP contribution in [0.5, 0.6) is 11.5 Å². The zero-order valence-electron chi connectivity index (χ0n) is 30.0. The van der Waals surface area contributed by atoms with E-state index in [-0.39, 0.29) is 48.4 Å². The largest absolute Gasteiger partial charge is 0.482 e. The van der Waals surface area contributed by atoms with Crippen molar-refractivity contribution in [3.05, 3.63) is 82.8 Å². The Morgan fingerprint density at radius 3 is 1.93 bits per heavy atom. The van der Waals surface area contributed by atoms with E-state index < -0.39 is 0 Å². The summed E-state index contributed by atoms with van der Waals surface area (Å²) in [6.07, 6.45) is 1.23. The normalized spacial score (nSPS) is 18.0. The van der Waals surface area contributed by atoms with Crippen molar-refractivity contribution in [3.8, 4) is 44.9 Å². The van der Waals surface area contributed by atoms with Crippen molar-refractivity contribution in [1.29, 1.82) is 0 Å². The van der Waals surface area contributed by atoms with Gasteiger partial charge in [0.05, 0.1) is 21.4 Å². The molecule has 280 valence electrons. The summed E-state index contributed by atoms with van der Waals surface area (Å²) in [6, 6.07) is 23.1. The van der Waals surface area contributed by atoms with Crippen molar-refractivity contribution >= 4 is 68.4 Å². The molecule has 1 fully saturated rings. The number of rotatable bonds is 11. The second-order valence-electron chi connectivity index (χ2n) is 13.7. The average molecular weight is 787 g/mol. The van der Waals surface area contributed by atoms with Crippen molar-refractivity contribution in [2.75, 3.05) is 55.7 Å². The van der Waals surface area contributed by atoms with E-state index >= 15 is 0 Å². The summed E-state index contributed by atoms with van der Waals surface area (Å²) in [4.78, 5) is 52.3. The fourth-order valence-electron chi connectivity index (χ4n) is 7.25. The average Bonchev–Trinajstić information content (AvgIpc) is 3.15. The summed E-state index contributed by atoms with van der Waals surface area (Å²) in [6.45, 7) is 4.00. The Labute approximate surface area is 326 Å². The molecule has 0 aliphatic carbocycles. The fraction of sp³-hybridized carbons (Fsp3) is 0.300. The number of nitrogens with zero attached hydrogens (tertiary/aromatic N) is 2. The van der Waals surface area contributed by atoms with Crippen molar-refractivity contribution < 1.29 is 28.7 Å². The van der Waals surface area contributed by atoms with E-state index in [4.69, 9.17) is 32.7 Å². The molecule has 14 heteroatoms. The summed E-state index contributed by atoms with van der Waals surface area (Å²) in [5, 5.41) is 10.1. The number of anilines is 2. The lowest BCUT2D eigenvalue weighted by Crippen LogP contribution is -2.51. The lowest BCUT2D eigenvalue weighted by molar-refractivity contribution is -0.123. The highest BCUT2D eigenvalue weighted by molar-refractivity contribution is 6.39. The molecule has 1 saturated heterocycles. The van der Waals surface area contributed by atoms with Crippen LogP contribution in [-0.4, -0.2) is 85.5 Å². The Hall–Kier alpha value is -4.88. The highest BCUT2D eigenvalue weighted by atomic mass is 35.5. The van der Waals surface area contributed by atoms with E-state index in [1.165, 1.54) is 6.92 Å². The number of fused-ring (bicyclic) bond motifs is 2. The number of benzene rings is 4. The van der Waals surface area contributed by atoms with Crippen molar-refractivity contribution in [2.24, 2.45) is 5.92 Å². The van der Waals surface area contributed by atoms with Gasteiger partial charge in [-0.15, -0.1) is 0 Å². The zero-order valence-corrected chi connectivity index (χ0v) is 33.6. The van der Waals surface area contributed by atoms with Crippen molar-refractivity contribution in [2.45, 2.75) is 25.4 Å². The monoisotopic (exact) mass is 785 g/mol. The van der Waals surface area contributed by atoms with Crippen LogP contribution in [0.4, 0.5) is 11.4 Å². The van der Waals surface area contributed by atoms with Crippen LogP contribution in [0, 0.1) is 5.92 Å². The van der Waals surface area contributed by atoms with E-state index in [9.17, 15) is 19.2 Å². The molecule has 0 spiro atoms. The number of carbonyl (C=O) groups is 4. The number of nitrogens with one attached hydrogen (secondary N) is 3. The van der Waals surface area contributed by atoms with Gasteiger partial charge < -0.3 is 35.2 Å². The third-order valence-electron chi connectivity index (χ3n) is 10.2. The van der Waals surface area contributed by atoms with E-state index in [1.807, 2.05) is 72.8 Å². The lowest BCUT2D eigenvalue weighted by Gasteiger charge is -2.36. The quantitative estimate of drug-likeness (QED) is 0.152. The molecule has 0 aromatic heterocycles. The second kappa shape index (κ2) is 16.2. The number of ether oxygens (including phenoxy) is 2. The molecule has 1 unspecified atom stereocenters. The van der Waals surface area contributed by atoms with E-state index in [0.717, 1.165) is 50.0 Å². The first-order valence-corrected chi connectivity index (χ1v) is 20.0. The van der Waals surface area contributed by atoms with Gasteiger partial charge in [0, 0.05) is 84.2 Å². The molecule has 4 aromatic rings. The van der Waals surface area contributed by atoms with Crippen LogP contribution in [0.2, 0.25) is 10.0 Å². The molecular weight excluding hydrogens is 745 g/mol. The molecule has 0 saturated carbocycles. The number of hydrogen-bond donors (Lipinski definition) is 3. The number of halogens is 2. The van der Waals surface area contributed by atoms with Gasteiger partial charge in [0.1, 0.15) is 11.5 Å². The van der Waals surface area contributed by atoms with E-state index in [2.05, 4.69) is 16.0 Å². The van der Waals surface area contributed by atoms with E-state index in [0.29, 0.717) is 72.1 Å². The number of amides is 4. The first-order valence-electron chi connectivity index (χ1n) is 18.1. The molecule has 4 aromatic carbocycles. The molecule has 54 heavy (non-hydrogen) atoms. The third-order valence-corrected chi connectivity index (χ3v) is 12.2. The minimum atomic E-state index is -0.128. The molecule has 3 heterocycles. The van der Waals surface area contributed by atoms with Gasteiger partial charge in [0.25, 0.3) is 11.8 Å². The summed E-state index contributed by atoms with van der Waals surface area (Å²) in [5.74, 6) is 1.15. The first-order chi connectivity index (χ1) is 26.1. The van der Waals surface area contributed by atoms with Crippen molar-refractivity contribution in [1.82, 2.24) is 16.0 Å². The van der Waals surface area contributed by atoms with Crippen LogP contribution in [0.25, 0.3) is 33.4 Å². The molecule has 11 nitrogen and oxygen atoms in total. The molecule has 0 bridgehead atoms. The maximum atomic E-state index is 13.0. The van der Waals surface area contributed by atoms with Gasteiger partial charge in [-0.3, -0.25) is 19.2 Å². The fourth-order valence-corrected chi connectivity index (χ4v) is 8.79. The zero-order chi connectivity index (χ0) is 37.9. The van der Waals surface area contributed by atoms with E-state index in [1.54, 1.807) is 9.80 Å². The van der Waals surface area contributed by atoms with Gasteiger partial charge in [-0.2, -0.15) is 0 Å². The molecule has 4 amide bonds. The van der Waals surface area contributed by atoms with Crippen LogP contribution < -0.4 is 35.2 Å². The summed E-state index contributed by atoms with van der Waals surface area (Å²) in [7, 11) is 0.807. The molecule has 0 radical (unpaired) electrons. The molecule has 7 rings (SSSR count). The number of piperidine rings is 1. The Morgan fingerprint density at radius 1 is 0.796 bits per heavy atom. The van der Waals surface area contributed by atoms with Crippen LogP contribution in [0.15, 0.2) is 72.8 Å². The van der Waals surface area contributed by atoms with Crippen LogP contribution in [0.3, 0.4) is 0 Å². The predicted molar refractivity (Wildman–Crippen MR) is 215 cm³/mol. The van der Waals surface area contributed by atoms with Crippen LogP contribution >= 0.6 is 23.2 Å². The minimum Gasteiger partial charge on any atom is -0.482 e. The van der Waals surface area contributed by atoms with Gasteiger partial charge in [0.15, 0.2) is 13.2 Å². The third kappa shape index (κ3) is 7.83. The first kappa shape index (κ1) is 37.4. The van der Waals surface area contributed by atoms with Crippen LogP contribution in [0.1, 0.15) is 19.8 Å². The highest BCUT2D eigenvalue weighted by Crippen LogP contribution is 2.45. The molecular formula is C40H41Cl2N5O6Si. The maximum Gasteiger partial charge on any atom is 0.265 e. The molecule has 2 atom stereocenters. The molecule has 3 aliphatic rings. The standard InChI is InChI=1S/C40H41Cl2N5O6Si/c1-23(48)44-15-14-43-16-17-46-31-11-8-24(18-33(31)52-21-36(46)50)27-4-2-6-29(38(27)41)30-7-3-5-28(39(30)42)25-9-12-32-34(19-25)53-22-37(51)47(32)20-26-10-13-35(49)45-40(26)54/h2-9,11-12,18-19,26,40,43H,10,13-17,20-22H2,1,54H3,(H,44,48)(H,45,49)/t26-,40?/m0/s1. The topological polar surface area (TPSA) is 129 Å². The molecule has 3 aliphatic heterocycles. The van der Waals surface area contributed by atoms with Gasteiger partial charge in [-0.1, -0.05) is 71.7 Å². The van der Waals surface area contributed by atoms with Gasteiger partial charge >= 0.3 is 0 Å². The molecule has 3 N–H and O–H groups in total. The van der Waals surface area contributed by atoms with Crippen LogP contribution in [-0.2, 0) is 19.2 Å². The summed E-state index contributed by atoms with van der Waals surface area (Å²) in [5.41, 5.74) is 6.25. The Bertz CT molecular complexity index is 2130. The van der Waals surface area contributed by atoms with Gasteiger partial charge in [-0.05, 0) is 47.7 Å². The smallest absolute Gasteiger partial charge is 0.265 e. The van der Waals surface area contributed by atoms with Gasteiger partial charge in [0.2, 0.25) is 11.8 Å².